The molecule has 1 saturated carbocycles. The number of nitrogens with zero attached hydrogens (tertiary/aromatic N) is 3. The van der Waals surface area contributed by atoms with Gasteiger partial charge >= 0.3 is 5.69 Å². The maximum Gasteiger partial charge on any atom is 0.348 e. The van der Waals surface area contributed by atoms with E-state index in [-0.39, 0.29) is 29.3 Å². The Morgan fingerprint density at radius 3 is 2.74 bits per heavy atom. The Bertz CT molecular complexity index is 477. The lowest BCUT2D eigenvalue weighted by Gasteiger charge is -2.13. The topological polar surface area (TPSA) is 90.2 Å². The number of nitrogens with one attached hydrogen (secondary N) is 1. The SMILES string of the molecule is COCc1nc(Cl)c([N+](=O)[O-])c(NC2CCCC2)n1. The summed E-state index contributed by atoms with van der Waals surface area (Å²) in [6.07, 6.45) is 4.21. The zero-order valence-electron chi connectivity index (χ0n) is 10.6. The summed E-state index contributed by atoms with van der Waals surface area (Å²) in [6, 6.07) is 0.208. The highest BCUT2D eigenvalue weighted by Crippen LogP contribution is 2.32. The van der Waals surface area contributed by atoms with Crippen molar-refractivity contribution in [3.05, 3.63) is 21.1 Å². The van der Waals surface area contributed by atoms with E-state index < -0.39 is 4.92 Å². The smallest absolute Gasteiger partial charge is 0.348 e. The number of rotatable bonds is 5. The number of nitro groups is 1. The van der Waals surface area contributed by atoms with Crippen molar-refractivity contribution in [3.8, 4) is 0 Å². The van der Waals surface area contributed by atoms with Crippen molar-refractivity contribution in [2.45, 2.75) is 38.3 Å². The first kappa shape index (κ1) is 14.0. The van der Waals surface area contributed by atoms with Crippen LogP contribution in [0.25, 0.3) is 0 Å². The van der Waals surface area contributed by atoms with Crippen LogP contribution in [0.2, 0.25) is 5.15 Å². The van der Waals surface area contributed by atoms with Crippen molar-refractivity contribution in [1.82, 2.24) is 9.97 Å². The third-order valence-corrected chi connectivity index (χ3v) is 3.30. The molecule has 2 rings (SSSR count). The van der Waals surface area contributed by atoms with Gasteiger partial charge in [0, 0.05) is 13.2 Å². The summed E-state index contributed by atoms with van der Waals surface area (Å²) >= 11 is 5.86. The molecule has 1 aliphatic carbocycles. The molecule has 8 heteroatoms. The van der Waals surface area contributed by atoms with Crippen molar-refractivity contribution in [2.24, 2.45) is 0 Å². The third kappa shape index (κ3) is 3.30. The monoisotopic (exact) mass is 286 g/mol. The van der Waals surface area contributed by atoms with Crippen molar-refractivity contribution in [2.75, 3.05) is 12.4 Å². The Kier molecular flexibility index (Phi) is 4.49. The third-order valence-electron chi connectivity index (χ3n) is 3.04. The summed E-state index contributed by atoms with van der Waals surface area (Å²) in [4.78, 5) is 18.5. The van der Waals surface area contributed by atoms with Crippen LogP contribution in [0.15, 0.2) is 0 Å². The van der Waals surface area contributed by atoms with E-state index >= 15 is 0 Å². The van der Waals surface area contributed by atoms with E-state index in [1.165, 1.54) is 7.11 Å². The van der Waals surface area contributed by atoms with Crippen molar-refractivity contribution in [3.63, 3.8) is 0 Å². The number of hydrogen-bond acceptors (Lipinski definition) is 6. The van der Waals surface area contributed by atoms with E-state index in [1.54, 1.807) is 0 Å². The molecule has 104 valence electrons. The van der Waals surface area contributed by atoms with Gasteiger partial charge in [0.05, 0.1) is 4.92 Å². The Morgan fingerprint density at radius 1 is 1.47 bits per heavy atom. The Morgan fingerprint density at radius 2 is 2.16 bits per heavy atom. The molecular formula is C11H15ClN4O3. The van der Waals surface area contributed by atoms with Gasteiger partial charge in [-0.1, -0.05) is 24.4 Å². The largest absolute Gasteiger partial charge is 0.377 e. The lowest BCUT2D eigenvalue weighted by molar-refractivity contribution is -0.384. The number of hydrogen-bond donors (Lipinski definition) is 1. The second kappa shape index (κ2) is 6.12. The zero-order chi connectivity index (χ0) is 13.8. The van der Waals surface area contributed by atoms with E-state index in [2.05, 4.69) is 15.3 Å². The summed E-state index contributed by atoms with van der Waals surface area (Å²) in [7, 11) is 1.50. The minimum Gasteiger partial charge on any atom is -0.377 e. The molecule has 1 heterocycles. The lowest BCUT2D eigenvalue weighted by Crippen LogP contribution is -2.18. The second-order valence-electron chi connectivity index (χ2n) is 4.44. The maximum absolute atomic E-state index is 11.1. The van der Waals surface area contributed by atoms with Gasteiger partial charge in [-0.15, -0.1) is 0 Å². The molecule has 0 amide bonds. The van der Waals surface area contributed by atoms with Gasteiger partial charge < -0.3 is 10.1 Å². The van der Waals surface area contributed by atoms with Crippen LogP contribution in [0.5, 0.6) is 0 Å². The summed E-state index contributed by atoms with van der Waals surface area (Å²) in [5.41, 5.74) is -0.270. The average Bonchev–Trinajstić information content (AvgIpc) is 2.81. The number of halogens is 1. The van der Waals surface area contributed by atoms with Gasteiger partial charge in [-0.3, -0.25) is 10.1 Å². The molecule has 0 saturated heterocycles. The molecule has 1 aliphatic rings. The molecule has 0 aliphatic heterocycles. The molecule has 7 nitrogen and oxygen atoms in total. The van der Waals surface area contributed by atoms with Crippen LogP contribution in [0.4, 0.5) is 11.5 Å². The molecule has 1 aromatic rings. The van der Waals surface area contributed by atoms with Crippen LogP contribution in [0.3, 0.4) is 0 Å². The summed E-state index contributed by atoms with van der Waals surface area (Å²) in [5, 5.41) is 14.0. The Labute approximate surface area is 115 Å². The van der Waals surface area contributed by atoms with Gasteiger partial charge in [0.15, 0.2) is 5.82 Å². The molecule has 0 atom stereocenters. The second-order valence-corrected chi connectivity index (χ2v) is 4.80. The molecule has 0 aromatic carbocycles. The Hall–Kier alpha value is -1.47. The summed E-state index contributed by atoms with van der Waals surface area (Å²) in [5.74, 6) is 0.516. The zero-order valence-corrected chi connectivity index (χ0v) is 11.3. The molecule has 1 N–H and O–H groups in total. The number of aromatic nitrogens is 2. The van der Waals surface area contributed by atoms with Crippen LogP contribution in [0.1, 0.15) is 31.5 Å². The molecule has 0 unspecified atom stereocenters. The van der Waals surface area contributed by atoms with Gasteiger partial charge in [0.25, 0.3) is 0 Å². The maximum atomic E-state index is 11.1. The van der Waals surface area contributed by atoms with Crippen molar-refractivity contribution >= 4 is 23.1 Å². The summed E-state index contributed by atoms with van der Waals surface area (Å²) in [6.45, 7) is 0.164. The van der Waals surface area contributed by atoms with Gasteiger partial charge in [0.2, 0.25) is 11.0 Å². The van der Waals surface area contributed by atoms with Gasteiger partial charge in [-0.05, 0) is 12.8 Å². The fraction of sp³-hybridized carbons (Fsp3) is 0.636. The number of methoxy groups -OCH3 is 1. The first-order valence-corrected chi connectivity index (χ1v) is 6.46. The molecule has 0 bridgehead atoms. The van der Waals surface area contributed by atoms with E-state index in [0.29, 0.717) is 5.82 Å². The minimum absolute atomic E-state index is 0.160. The standard InChI is InChI=1S/C11H15ClN4O3/c1-19-6-8-14-10(12)9(16(17)18)11(15-8)13-7-4-2-3-5-7/h7H,2-6H2,1H3,(H,13,14,15). The molecular weight excluding hydrogens is 272 g/mol. The van der Waals surface area contributed by atoms with Gasteiger partial charge in [-0.2, -0.15) is 0 Å². The fourth-order valence-corrected chi connectivity index (χ4v) is 2.45. The molecule has 0 radical (unpaired) electrons. The minimum atomic E-state index is -0.559. The highest BCUT2D eigenvalue weighted by atomic mass is 35.5. The fourth-order valence-electron chi connectivity index (χ4n) is 2.19. The predicted octanol–water partition coefficient (Wildman–Crippen LogP) is 2.54. The van der Waals surface area contributed by atoms with Gasteiger partial charge in [0.1, 0.15) is 6.61 Å². The number of ether oxygens (including phenoxy) is 1. The molecule has 1 fully saturated rings. The van der Waals surface area contributed by atoms with Gasteiger partial charge in [-0.25, -0.2) is 9.97 Å². The average molecular weight is 287 g/mol. The van der Waals surface area contributed by atoms with E-state index in [9.17, 15) is 10.1 Å². The highest BCUT2D eigenvalue weighted by Gasteiger charge is 2.26. The molecule has 1 aromatic heterocycles. The van der Waals surface area contributed by atoms with Crippen LogP contribution in [-0.2, 0) is 11.3 Å². The lowest BCUT2D eigenvalue weighted by atomic mass is 10.2. The Balaban J connectivity index is 2.32. The first-order valence-electron chi connectivity index (χ1n) is 6.08. The summed E-state index contributed by atoms with van der Waals surface area (Å²) < 4.78 is 4.93. The van der Waals surface area contributed by atoms with E-state index in [1.807, 2.05) is 0 Å². The normalized spacial score (nSPS) is 15.7. The van der Waals surface area contributed by atoms with E-state index in [4.69, 9.17) is 16.3 Å². The number of anilines is 1. The van der Waals surface area contributed by atoms with Crippen LogP contribution < -0.4 is 5.32 Å². The first-order chi connectivity index (χ1) is 9.11. The molecule has 19 heavy (non-hydrogen) atoms. The van der Waals surface area contributed by atoms with Crippen molar-refractivity contribution < 1.29 is 9.66 Å². The predicted molar refractivity (Wildman–Crippen MR) is 70.3 cm³/mol. The van der Waals surface area contributed by atoms with Crippen LogP contribution in [-0.4, -0.2) is 28.0 Å². The highest BCUT2D eigenvalue weighted by molar-refractivity contribution is 6.31. The van der Waals surface area contributed by atoms with Crippen molar-refractivity contribution in [1.29, 1.82) is 0 Å². The van der Waals surface area contributed by atoms with E-state index in [0.717, 1.165) is 25.7 Å². The van der Waals surface area contributed by atoms with Crippen LogP contribution >= 0.6 is 11.6 Å². The molecule has 0 spiro atoms. The van der Waals surface area contributed by atoms with Crippen LogP contribution in [0, 0.1) is 10.1 Å². The quantitative estimate of drug-likeness (QED) is 0.508.